The molecule has 0 saturated carbocycles. The highest BCUT2D eigenvalue weighted by Crippen LogP contribution is 2.38. The molecule has 3 aromatic rings. The Balaban J connectivity index is 1.80. The van der Waals surface area contributed by atoms with Crippen LogP contribution in [-0.2, 0) is 24.3 Å². The van der Waals surface area contributed by atoms with Crippen LogP contribution in [0.3, 0.4) is 0 Å². The van der Waals surface area contributed by atoms with E-state index in [9.17, 15) is 14.7 Å². The Morgan fingerprint density at radius 2 is 2.07 bits per heavy atom. The van der Waals surface area contributed by atoms with E-state index in [4.69, 9.17) is 15.5 Å². The average Bonchev–Trinajstić information content (AvgIpc) is 3.07. The third kappa shape index (κ3) is 2.20. The van der Waals surface area contributed by atoms with Crippen LogP contribution in [0.2, 0.25) is 0 Å². The van der Waals surface area contributed by atoms with E-state index in [0.29, 0.717) is 47.8 Å². The number of Topliss-reactive ketones (excluding diaryl/α,β-unsaturated/α-hetero) is 1. The number of hydrogen-bond donors (Lipinski definition) is 2. The third-order valence-corrected chi connectivity index (χ3v) is 5.83. The Labute approximate surface area is 160 Å². The van der Waals surface area contributed by atoms with E-state index in [2.05, 4.69) is 0 Å². The van der Waals surface area contributed by atoms with Gasteiger partial charge in [0, 0.05) is 29.5 Å². The molecule has 142 valence electrons. The summed E-state index contributed by atoms with van der Waals surface area (Å²) >= 11 is 0. The fourth-order valence-corrected chi connectivity index (χ4v) is 4.36. The van der Waals surface area contributed by atoms with Gasteiger partial charge in [-0.25, -0.2) is 4.98 Å². The van der Waals surface area contributed by atoms with Crippen molar-refractivity contribution in [2.75, 3.05) is 7.11 Å². The molecule has 5 rings (SSSR count). The van der Waals surface area contributed by atoms with Crippen molar-refractivity contribution in [1.29, 1.82) is 0 Å². The number of aliphatic hydroxyl groups excluding tert-OH is 1. The lowest BCUT2D eigenvalue weighted by Gasteiger charge is -2.21. The molecule has 0 fully saturated rings. The maximum atomic E-state index is 13.1. The molecule has 0 amide bonds. The minimum atomic E-state index is -1.25. The number of aromatic nitrogens is 2. The summed E-state index contributed by atoms with van der Waals surface area (Å²) in [5, 5.41) is 11.2. The smallest absolute Gasteiger partial charge is 0.254 e. The number of nitrogens with zero attached hydrogens (tertiary/aromatic N) is 2. The maximum absolute atomic E-state index is 13.1. The summed E-state index contributed by atoms with van der Waals surface area (Å²) in [5.74, 6) is 0.463. The van der Waals surface area contributed by atoms with Gasteiger partial charge in [0.25, 0.3) is 5.56 Å². The molecule has 0 radical (unpaired) electrons. The van der Waals surface area contributed by atoms with E-state index >= 15 is 0 Å². The number of nitrogens with two attached hydrogens (primary N) is 1. The van der Waals surface area contributed by atoms with Crippen molar-refractivity contribution in [2.24, 2.45) is 5.73 Å². The molecule has 1 aliphatic heterocycles. The Morgan fingerprint density at radius 3 is 2.82 bits per heavy atom. The maximum Gasteiger partial charge on any atom is 0.254 e. The van der Waals surface area contributed by atoms with E-state index in [1.54, 1.807) is 17.7 Å². The fraction of sp³-hybridized carbons (Fsp3) is 0.286. The van der Waals surface area contributed by atoms with Crippen LogP contribution in [0.4, 0.5) is 0 Å². The molecular weight excluding hydrogens is 358 g/mol. The highest BCUT2D eigenvalue weighted by Gasteiger charge is 2.33. The van der Waals surface area contributed by atoms with Crippen LogP contribution in [0.15, 0.2) is 29.1 Å². The first-order valence-electron chi connectivity index (χ1n) is 9.20. The van der Waals surface area contributed by atoms with Crippen LogP contribution in [0.1, 0.15) is 34.8 Å². The SMILES string of the molecule is COc1ccc2nc3c(c(CN)c2c1)Cn1c-3cc2c(c1=O)CCC(=O)C2O. The highest BCUT2D eigenvalue weighted by molar-refractivity contribution is 5.90. The van der Waals surface area contributed by atoms with Crippen LogP contribution in [0.25, 0.3) is 22.3 Å². The summed E-state index contributed by atoms with van der Waals surface area (Å²) < 4.78 is 7.00. The van der Waals surface area contributed by atoms with Crippen molar-refractivity contribution in [3.05, 3.63) is 56.9 Å². The number of aliphatic hydroxyl groups is 1. The van der Waals surface area contributed by atoms with Gasteiger partial charge in [-0.05, 0) is 41.8 Å². The van der Waals surface area contributed by atoms with Crippen LogP contribution < -0.4 is 16.0 Å². The zero-order valence-corrected chi connectivity index (χ0v) is 15.4. The zero-order chi connectivity index (χ0) is 19.6. The molecule has 7 heteroatoms. The molecule has 1 atom stereocenters. The second-order valence-electron chi connectivity index (χ2n) is 7.23. The second-order valence-corrected chi connectivity index (χ2v) is 7.23. The minimum absolute atomic E-state index is 0.165. The molecule has 28 heavy (non-hydrogen) atoms. The zero-order valence-electron chi connectivity index (χ0n) is 15.4. The lowest BCUT2D eigenvalue weighted by atomic mass is 9.89. The van der Waals surface area contributed by atoms with Crippen molar-refractivity contribution in [2.45, 2.75) is 32.0 Å². The molecule has 1 unspecified atom stereocenters. The number of methoxy groups -OCH3 is 1. The van der Waals surface area contributed by atoms with Gasteiger partial charge in [-0.2, -0.15) is 0 Å². The summed E-state index contributed by atoms with van der Waals surface area (Å²) in [6.45, 7) is 0.686. The average molecular weight is 377 g/mol. The normalized spacial score (nSPS) is 17.4. The van der Waals surface area contributed by atoms with Gasteiger partial charge in [-0.3, -0.25) is 9.59 Å². The molecule has 1 aromatic carbocycles. The van der Waals surface area contributed by atoms with Crippen LogP contribution in [0.5, 0.6) is 5.75 Å². The Hall–Kier alpha value is -3.03. The first kappa shape index (κ1) is 17.1. The topological polar surface area (TPSA) is 107 Å². The Bertz CT molecular complexity index is 1230. The van der Waals surface area contributed by atoms with Crippen molar-refractivity contribution < 1.29 is 14.6 Å². The van der Waals surface area contributed by atoms with Gasteiger partial charge in [0.1, 0.15) is 11.9 Å². The van der Waals surface area contributed by atoms with Crippen molar-refractivity contribution in [1.82, 2.24) is 9.55 Å². The standard InChI is InChI=1S/C21H19N3O4/c1-28-10-2-4-16-12(6-10)14(8-22)15-9-24-17(19(15)23-16)7-13-11(21(24)27)3-5-18(25)20(13)26/h2,4,6-7,20,26H,3,5,8-9,22H2,1H3. The quantitative estimate of drug-likeness (QED) is 0.547. The monoisotopic (exact) mass is 377 g/mol. The molecule has 2 aliphatic rings. The predicted molar refractivity (Wildman–Crippen MR) is 103 cm³/mol. The predicted octanol–water partition coefficient (Wildman–Crippen LogP) is 1.44. The van der Waals surface area contributed by atoms with Gasteiger partial charge in [0.15, 0.2) is 5.78 Å². The van der Waals surface area contributed by atoms with E-state index in [-0.39, 0.29) is 17.8 Å². The summed E-state index contributed by atoms with van der Waals surface area (Å²) in [4.78, 5) is 29.8. The number of pyridine rings is 2. The number of carbonyl (C=O) groups is 1. The highest BCUT2D eigenvalue weighted by atomic mass is 16.5. The van der Waals surface area contributed by atoms with Crippen LogP contribution in [0, 0.1) is 0 Å². The third-order valence-electron chi connectivity index (χ3n) is 5.83. The number of rotatable bonds is 2. The van der Waals surface area contributed by atoms with Crippen LogP contribution in [-0.4, -0.2) is 27.6 Å². The number of hydrogen-bond acceptors (Lipinski definition) is 6. The Morgan fingerprint density at radius 1 is 1.25 bits per heavy atom. The van der Waals surface area contributed by atoms with Gasteiger partial charge in [-0.1, -0.05) is 0 Å². The molecule has 0 spiro atoms. The van der Waals surface area contributed by atoms with E-state index < -0.39 is 6.10 Å². The lowest BCUT2D eigenvalue weighted by Crippen LogP contribution is -2.31. The summed E-state index contributed by atoms with van der Waals surface area (Å²) in [5.41, 5.74) is 10.7. The number of benzene rings is 1. The molecule has 1 aliphatic carbocycles. The summed E-state index contributed by atoms with van der Waals surface area (Å²) in [6.07, 6.45) is -0.701. The van der Waals surface area contributed by atoms with Crippen LogP contribution >= 0.6 is 0 Å². The van der Waals surface area contributed by atoms with Crippen molar-refractivity contribution in [3.8, 4) is 17.1 Å². The number of fused-ring (bicyclic) bond motifs is 5. The lowest BCUT2D eigenvalue weighted by molar-refractivity contribution is -0.128. The second kappa shape index (κ2) is 5.98. The van der Waals surface area contributed by atoms with Gasteiger partial charge < -0.3 is 20.1 Å². The summed E-state index contributed by atoms with van der Waals surface area (Å²) in [6, 6.07) is 7.35. The molecular formula is C21H19N3O4. The minimum Gasteiger partial charge on any atom is -0.497 e. The first-order valence-corrected chi connectivity index (χ1v) is 9.20. The van der Waals surface area contributed by atoms with Gasteiger partial charge in [0.05, 0.1) is 30.6 Å². The van der Waals surface area contributed by atoms with Gasteiger partial charge >= 0.3 is 0 Å². The molecule has 0 bridgehead atoms. The first-order chi connectivity index (χ1) is 13.5. The molecule has 0 saturated heterocycles. The van der Waals surface area contributed by atoms with E-state index in [1.165, 1.54) is 0 Å². The molecule has 7 nitrogen and oxygen atoms in total. The summed E-state index contributed by atoms with van der Waals surface area (Å²) in [7, 11) is 1.61. The van der Waals surface area contributed by atoms with Gasteiger partial charge in [-0.15, -0.1) is 0 Å². The molecule has 3 N–H and O–H groups in total. The Kier molecular flexibility index (Phi) is 3.65. The molecule has 3 heterocycles. The number of ether oxygens (including phenoxy) is 1. The van der Waals surface area contributed by atoms with Crippen molar-refractivity contribution in [3.63, 3.8) is 0 Å². The number of ketones is 1. The fourth-order valence-electron chi connectivity index (χ4n) is 4.36. The van der Waals surface area contributed by atoms with E-state index in [1.807, 2.05) is 18.2 Å². The van der Waals surface area contributed by atoms with E-state index in [0.717, 1.165) is 22.0 Å². The van der Waals surface area contributed by atoms with Gasteiger partial charge in [0.2, 0.25) is 0 Å². The number of carbonyl (C=O) groups excluding carboxylic acids is 1. The largest absolute Gasteiger partial charge is 0.497 e. The van der Waals surface area contributed by atoms with Crippen molar-refractivity contribution >= 4 is 16.7 Å². The molecule has 2 aromatic heterocycles.